The molecule has 2 nitrogen and oxygen atoms in total. The fourth-order valence-electron chi connectivity index (χ4n) is 2.29. The first kappa shape index (κ1) is 11.3. The number of rotatable bonds is 5. The van der Waals surface area contributed by atoms with Crippen molar-refractivity contribution in [3.05, 3.63) is 35.9 Å². The molecule has 1 N–H and O–H groups in total. The highest BCUT2D eigenvalue weighted by Gasteiger charge is 2.54. The lowest BCUT2D eigenvalue weighted by molar-refractivity contribution is -0.119. The molecule has 1 aliphatic carbocycles. The normalized spacial score (nSPS) is 27.8. The van der Waals surface area contributed by atoms with Gasteiger partial charge in [-0.15, -0.1) is 0 Å². The Morgan fingerprint density at radius 3 is 2.75 bits per heavy atom. The maximum Gasteiger partial charge on any atom is 0.133 e. The summed E-state index contributed by atoms with van der Waals surface area (Å²) in [5, 5.41) is 10.3. The molecule has 86 valence electrons. The first-order valence-corrected chi connectivity index (χ1v) is 5.96. The third-order valence-electron chi connectivity index (χ3n) is 3.35. The van der Waals surface area contributed by atoms with Crippen molar-refractivity contribution in [2.24, 2.45) is 5.92 Å². The van der Waals surface area contributed by atoms with Crippen LogP contribution in [-0.4, -0.2) is 10.9 Å². The SMILES string of the molecule is CCCC(=O)C[C@H]1C[C@]1(O)c1ccccc1. The van der Waals surface area contributed by atoms with E-state index in [1.54, 1.807) is 0 Å². The lowest BCUT2D eigenvalue weighted by Gasteiger charge is -2.10. The van der Waals surface area contributed by atoms with Gasteiger partial charge in [0.1, 0.15) is 5.78 Å². The molecule has 1 aromatic rings. The van der Waals surface area contributed by atoms with Crippen LogP contribution in [0.15, 0.2) is 30.3 Å². The second-order valence-electron chi connectivity index (χ2n) is 4.68. The van der Waals surface area contributed by atoms with E-state index in [1.165, 1.54) is 0 Å². The molecule has 0 radical (unpaired) electrons. The number of carbonyl (C=O) groups excluding carboxylic acids is 1. The van der Waals surface area contributed by atoms with E-state index in [0.717, 1.165) is 18.4 Å². The van der Waals surface area contributed by atoms with Crippen LogP contribution in [0.3, 0.4) is 0 Å². The summed E-state index contributed by atoms with van der Waals surface area (Å²) in [6.45, 7) is 2.01. The minimum absolute atomic E-state index is 0.133. The summed E-state index contributed by atoms with van der Waals surface area (Å²) in [6, 6.07) is 9.66. The maximum atomic E-state index is 11.5. The zero-order valence-electron chi connectivity index (χ0n) is 9.65. The van der Waals surface area contributed by atoms with Crippen molar-refractivity contribution in [2.75, 3.05) is 0 Å². The quantitative estimate of drug-likeness (QED) is 0.825. The Balaban J connectivity index is 1.97. The molecule has 0 amide bonds. The molecular weight excluding hydrogens is 200 g/mol. The van der Waals surface area contributed by atoms with Crippen LogP contribution in [0.1, 0.15) is 38.2 Å². The smallest absolute Gasteiger partial charge is 0.133 e. The molecule has 16 heavy (non-hydrogen) atoms. The minimum atomic E-state index is -0.731. The molecular formula is C14H18O2. The first-order valence-electron chi connectivity index (χ1n) is 5.96. The summed E-state index contributed by atoms with van der Waals surface area (Å²) in [6.07, 6.45) is 2.79. The molecule has 2 atom stereocenters. The van der Waals surface area contributed by atoms with Gasteiger partial charge in [-0.3, -0.25) is 4.79 Å². The van der Waals surface area contributed by atoms with E-state index in [-0.39, 0.29) is 11.7 Å². The number of carbonyl (C=O) groups is 1. The molecule has 0 aromatic heterocycles. The second kappa shape index (κ2) is 4.38. The molecule has 0 unspecified atom stereocenters. The van der Waals surface area contributed by atoms with E-state index in [4.69, 9.17) is 0 Å². The van der Waals surface area contributed by atoms with Crippen molar-refractivity contribution in [3.63, 3.8) is 0 Å². The summed E-state index contributed by atoms with van der Waals surface area (Å²) in [5.41, 5.74) is 0.217. The molecule has 0 heterocycles. The van der Waals surface area contributed by atoms with Crippen LogP contribution in [-0.2, 0) is 10.4 Å². The summed E-state index contributed by atoms with van der Waals surface area (Å²) >= 11 is 0. The molecule has 0 aliphatic heterocycles. The van der Waals surface area contributed by atoms with E-state index < -0.39 is 5.60 Å². The van der Waals surface area contributed by atoms with Crippen molar-refractivity contribution in [2.45, 2.75) is 38.2 Å². The van der Waals surface area contributed by atoms with Gasteiger partial charge in [0.05, 0.1) is 5.60 Å². The molecule has 1 saturated carbocycles. The lowest BCUT2D eigenvalue weighted by Crippen LogP contribution is -2.11. The zero-order valence-corrected chi connectivity index (χ0v) is 9.65. The number of aliphatic hydroxyl groups is 1. The van der Waals surface area contributed by atoms with E-state index in [0.29, 0.717) is 12.8 Å². The van der Waals surface area contributed by atoms with Crippen LogP contribution in [0, 0.1) is 5.92 Å². The zero-order chi connectivity index (χ0) is 11.6. The van der Waals surface area contributed by atoms with Gasteiger partial charge in [0.25, 0.3) is 0 Å². The number of ketones is 1. The van der Waals surface area contributed by atoms with E-state index in [9.17, 15) is 9.90 Å². The van der Waals surface area contributed by atoms with Gasteiger partial charge in [-0.2, -0.15) is 0 Å². The topological polar surface area (TPSA) is 37.3 Å². The average molecular weight is 218 g/mol. The fraction of sp³-hybridized carbons (Fsp3) is 0.500. The fourth-order valence-corrected chi connectivity index (χ4v) is 2.29. The molecule has 1 aromatic carbocycles. The Labute approximate surface area is 96.3 Å². The van der Waals surface area contributed by atoms with Crippen molar-refractivity contribution in [3.8, 4) is 0 Å². The second-order valence-corrected chi connectivity index (χ2v) is 4.68. The molecule has 2 rings (SSSR count). The predicted octanol–water partition coefficient (Wildman–Crippen LogP) is 2.65. The van der Waals surface area contributed by atoms with Crippen LogP contribution >= 0.6 is 0 Å². The van der Waals surface area contributed by atoms with Gasteiger partial charge < -0.3 is 5.11 Å². The Morgan fingerprint density at radius 1 is 1.44 bits per heavy atom. The van der Waals surface area contributed by atoms with E-state index >= 15 is 0 Å². The summed E-state index contributed by atoms with van der Waals surface area (Å²) in [5.74, 6) is 0.410. The van der Waals surface area contributed by atoms with Gasteiger partial charge in [0.15, 0.2) is 0 Å². The highest BCUT2D eigenvalue weighted by molar-refractivity contribution is 5.79. The first-order chi connectivity index (χ1) is 7.66. The largest absolute Gasteiger partial charge is 0.385 e. The number of benzene rings is 1. The molecule has 0 saturated heterocycles. The highest BCUT2D eigenvalue weighted by Crippen LogP contribution is 2.53. The molecule has 2 heteroatoms. The number of hydrogen-bond acceptors (Lipinski definition) is 2. The van der Waals surface area contributed by atoms with Crippen LogP contribution in [0.2, 0.25) is 0 Å². The van der Waals surface area contributed by atoms with Crippen LogP contribution in [0.4, 0.5) is 0 Å². The Morgan fingerprint density at radius 2 is 2.12 bits per heavy atom. The van der Waals surface area contributed by atoms with Crippen molar-refractivity contribution >= 4 is 5.78 Å². The maximum absolute atomic E-state index is 11.5. The minimum Gasteiger partial charge on any atom is -0.385 e. The number of Topliss-reactive ketones (excluding diaryl/α,β-unsaturated/α-hetero) is 1. The molecule has 1 fully saturated rings. The van der Waals surface area contributed by atoms with Gasteiger partial charge >= 0.3 is 0 Å². The highest BCUT2D eigenvalue weighted by atomic mass is 16.3. The van der Waals surface area contributed by atoms with Crippen molar-refractivity contribution in [1.82, 2.24) is 0 Å². The monoisotopic (exact) mass is 218 g/mol. The standard InChI is InChI=1S/C14H18O2/c1-2-6-13(15)9-12-10-14(12,16)11-7-4-3-5-8-11/h3-5,7-8,12,16H,2,6,9-10H2,1H3/t12-,14-/m0/s1. The van der Waals surface area contributed by atoms with E-state index in [2.05, 4.69) is 0 Å². The van der Waals surface area contributed by atoms with Gasteiger partial charge in [-0.25, -0.2) is 0 Å². The Bertz CT molecular complexity index is 372. The summed E-state index contributed by atoms with van der Waals surface area (Å²) < 4.78 is 0. The van der Waals surface area contributed by atoms with Gasteiger partial charge in [0.2, 0.25) is 0 Å². The third kappa shape index (κ3) is 2.17. The average Bonchev–Trinajstić information content (AvgIpc) is 2.92. The Kier molecular flexibility index (Phi) is 3.10. The van der Waals surface area contributed by atoms with E-state index in [1.807, 2.05) is 37.3 Å². The molecule has 1 aliphatic rings. The van der Waals surface area contributed by atoms with Crippen molar-refractivity contribution in [1.29, 1.82) is 0 Å². The summed E-state index contributed by atoms with van der Waals surface area (Å²) in [4.78, 5) is 11.5. The predicted molar refractivity (Wildman–Crippen MR) is 63.0 cm³/mol. The van der Waals surface area contributed by atoms with Crippen molar-refractivity contribution < 1.29 is 9.90 Å². The van der Waals surface area contributed by atoms with Crippen LogP contribution in [0.25, 0.3) is 0 Å². The summed E-state index contributed by atoms with van der Waals surface area (Å²) in [7, 11) is 0. The molecule has 0 spiro atoms. The van der Waals surface area contributed by atoms with Crippen LogP contribution < -0.4 is 0 Å². The van der Waals surface area contributed by atoms with Gasteiger partial charge in [-0.05, 0) is 18.4 Å². The molecule has 0 bridgehead atoms. The lowest BCUT2D eigenvalue weighted by atomic mass is 10.0. The van der Waals surface area contributed by atoms with Crippen LogP contribution in [0.5, 0.6) is 0 Å². The number of hydrogen-bond donors (Lipinski definition) is 1. The van der Waals surface area contributed by atoms with Gasteiger partial charge in [0, 0.05) is 18.8 Å². The third-order valence-corrected chi connectivity index (χ3v) is 3.35. The van der Waals surface area contributed by atoms with Gasteiger partial charge in [-0.1, -0.05) is 37.3 Å². The Hall–Kier alpha value is -1.15.